The number of rotatable bonds is 4. The molecule has 21 heavy (non-hydrogen) atoms. The highest BCUT2D eigenvalue weighted by molar-refractivity contribution is 9.11. The lowest BCUT2D eigenvalue weighted by Gasteiger charge is -2.15. The van der Waals surface area contributed by atoms with Gasteiger partial charge in [0.05, 0.1) is 10.3 Å². The molecular formula is C12H12BrN3O3S2. The summed E-state index contributed by atoms with van der Waals surface area (Å²) in [6.45, 7) is 0.787. The van der Waals surface area contributed by atoms with Crippen molar-refractivity contribution >= 4 is 37.3 Å². The third-order valence-electron chi connectivity index (χ3n) is 3.09. The number of aromatic nitrogens is 2. The smallest absolute Gasteiger partial charge is 0.252 e. The molecule has 1 aliphatic rings. The van der Waals surface area contributed by atoms with E-state index in [2.05, 4.69) is 25.9 Å². The van der Waals surface area contributed by atoms with E-state index in [1.54, 1.807) is 24.4 Å². The fourth-order valence-electron chi connectivity index (χ4n) is 2.09. The molecule has 3 heterocycles. The van der Waals surface area contributed by atoms with E-state index in [1.807, 2.05) is 0 Å². The van der Waals surface area contributed by atoms with Gasteiger partial charge in [0.1, 0.15) is 16.6 Å². The molecule has 112 valence electrons. The highest BCUT2D eigenvalue weighted by atomic mass is 79.9. The number of thiophene rings is 1. The van der Waals surface area contributed by atoms with Crippen LogP contribution in [0, 0.1) is 0 Å². The van der Waals surface area contributed by atoms with Crippen molar-refractivity contribution in [1.29, 1.82) is 0 Å². The van der Waals surface area contributed by atoms with E-state index in [-0.39, 0.29) is 6.10 Å². The van der Waals surface area contributed by atoms with Gasteiger partial charge in [0, 0.05) is 18.8 Å². The Hall–Kier alpha value is -1.03. The van der Waals surface area contributed by atoms with Gasteiger partial charge in [-0.15, -0.1) is 11.3 Å². The second-order valence-corrected chi connectivity index (χ2v) is 9.13. The first kappa shape index (κ1) is 14.9. The van der Waals surface area contributed by atoms with E-state index >= 15 is 0 Å². The van der Waals surface area contributed by atoms with E-state index < -0.39 is 10.0 Å². The average Bonchev–Trinajstić information content (AvgIpc) is 3.10. The normalized spacial score (nSPS) is 19.8. The lowest BCUT2D eigenvalue weighted by Crippen LogP contribution is -2.30. The molecule has 2 aromatic heterocycles. The fraction of sp³-hybridized carbons (Fsp3) is 0.333. The minimum Gasteiger partial charge on any atom is -0.473 e. The van der Waals surface area contributed by atoms with Crippen molar-refractivity contribution in [3.05, 3.63) is 34.5 Å². The maximum absolute atomic E-state index is 12.5. The van der Waals surface area contributed by atoms with Crippen LogP contribution in [-0.4, -0.2) is 41.9 Å². The molecule has 0 saturated carbocycles. The van der Waals surface area contributed by atoms with Crippen LogP contribution in [0.25, 0.3) is 0 Å². The molecule has 9 heteroatoms. The van der Waals surface area contributed by atoms with Crippen LogP contribution in [0.3, 0.4) is 0 Å². The summed E-state index contributed by atoms with van der Waals surface area (Å²) in [5.74, 6) is 0.466. The first-order chi connectivity index (χ1) is 10.1. The molecule has 0 N–H and O–H groups in total. The zero-order chi connectivity index (χ0) is 14.9. The lowest BCUT2D eigenvalue weighted by atomic mass is 10.3. The van der Waals surface area contributed by atoms with Crippen molar-refractivity contribution in [1.82, 2.24) is 14.3 Å². The number of hydrogen-bond donors (Lipinski definition) is 0. The van der Waals surface area contributed by atoms with Crippen molar-refractivity contribution in [2.75, 3.05) is 13.1 Å². The zero-order valence-electron chi connectivity index (χ0n) is 10.8. The lowest BCUT2D eigenvalue weighted by molar-refractivity contribution is 0.206. The third-order valence-corrected chi connectivity index (χ3v) is 7.05. The predicted molar refractivity (Wildman–Crippen MR) is 81.8 cm³/mol. The van der Waals surface area contributed by atoms with Gasteiger partial charge in [-0.2, -0.15) is 4.31 Å². The number of hydrogen-bond acceptors (Lipinski definition) is 6. The average molecular weight is 390 g/mol. The zero-order valence-corrected chi connectivity index (χ0v) is 14.1. The van der Waals surface area contributed by atoms with Crippen molar-refractivity contribution < 1.29 is 13.2 Å². The van der Waals surface area contributed by atoms with E-state index in [4.69, 9.17) is 4.74 Å². The Labute approximate surface area is 135 Å². The van der Waals surface area contributed by atoms with Gasteiger partial charge in [0.2, 0.25) is 5.88 Å². The van der Waals surface area contributed by atoms with Gasteiger partial charge in [-0.1, -0.05) is 0 Å². The van der Waals surface area contributed by atoms with Crippen LogP contribution in [-0.2, 0) is 10.0 Å². The topological polar surface area (TPSA) is 72.4 Å². The summed E-state index contributed by atoms with van der Waals surface area (Å²) in [6.07, 6.45) is 3.46. The van der Waals surface area contributed by atoms with Crippen LogP contribution in [0.5, 0.6) is 5.88 Å². The minimum absolute atomic E-state index is 0.182. The van der Waals surface area contributed by atoms with Crippen molar-refractivity contribution in [2.45, 2.75) is 16.7 Å². The Balaban J connectivity index is 1.69. The standard InChI is InChI=1S/C12H12BrN3O3S2/c13-10-1-2-12(20-10)21(17,18)16-6-4-9(7-16)19-11-3-5-14-8-15-11/h1-3,5,8-9H,4,6-7H2/t9-/m1/s1. The Kier molecular flexibility index (Phi) is 4.25. The van der Waals surface area contributed by atoms with Gasteiger partial charge < -0.3 is 4.74 Å². The molecule has 0 spiro atoms. The Morgan fingerprint density at radius 1 is 1.38 bits per heavy atom. The van der Waals surface area contributed by atoms with E-state index in [0.717, 1.165) is 3.79 Å². The second kappa shape index (κ2) is 5.99. The summed E-state index contributed by atoms with van der Waals surface area (Å²) in [5, 5.41) is 0. The Morgan fingerprint density at radius 2 is 2.24 bits per heavy atom. The van der Waals surface area contributed by atoms with Crippen LogP contribution in [0.15, 0.2) is 38.7 Å². The molecule has 0 unspecified atom stereocenters. The van der Waals surface area contributed by atoms with Crippen LogP contribution in [0.2, 0.25) is 0 Å². The van der Waals surface area contributed by atoms with Gasteiger partial charge in [0.15, 0.2) is 0 Å². The minimum atomic E-state index is -3.43. The van der Waals surface area contributed by atoms with Crippen LogP contribution >= 0.6 is 27.3 Å². The highest BCUT2D eigenvalue weighted by Crippen LogP contribution is 2.30. The van der Waals surface area contributed by atoms with Crippen molar-refractivity contribution in [3.8, 4) is 5.88 Å². The molecule has 1 atom stereocenters. The summed E-state index contributed by atoms with van der Waals surface area (Å²) >= 11 is 4.50. The molecule has 2 aromatic rings. The number of ether oxygens (including phenoxy) is 1. The summed E-state index contributed by atoms with van der Waals surface area (Å²) in [5.41, 5.74) is 0. The largest absolute Gasteiger partial charge is 0.473 e. The molecule has 0 radical (unpaired) electrons. The van der Waals surface area contributed by atoms with Crippen LogP contribution < -0.4 is 4.74 Å². The second-order valence-electron chi connectivity index (χ2n) is 4.50. The van der Waals surface area contributed by atoms with Gasteiger partial charge >= 0.3 is 0 Å². The molecule has 0 amide bonds. The van der Waals surface area contributed by atoms with Gasteiger partial charge in [0.25, 0.3) is 10.0 Å². The first-order valence-electron chi connectivity index (χ1n) is 6.24. The SMILES string of the molecule is O=S(=O)(c1ccc(Br)s1)N1CC[C@@H](Oc2ccncn2)C1. The molecular weight excluding hydrogens is 378 g/mol. The van der Waals surface area contributed by atoms with E-state index in [9.17, 15) is 8.42 Å². The monoisotopic (exact) mass is 389 g/mol. The Morgan fingerprint density at radius 3 is 2.90 bits per heavy atom. The number of halogens is 1. The van der Waals surface area contributed by atoms with Gasteiger partial charge in [-0.3, -0.25) is 0 Å². The van der Waals surface area contributed by atoms with Crippen molar-refractivity contribution in [2.24, 2.45) is 0 Å². The van der Waals surface area contributed by atoms with Crippen molar-refractivity contribution in [3.63, 3.8) is 0 Å². The molecule has 6 nitrogen and oxygen atoms in total. The first-order valence-corrected chi connectivity index (χ1v) is 9.29. The van der Waals surface area contributed by atoms with E-state index in [1.165, 1.54) is 22.0 Å². The summed E-state index contributed by atoms with van der Waals surface area (Å²) in [7, 11) is -3.43. The highest BCUT2D eigenvalue weighted by Gasteiger charge is 2.34. The van der Waals surface area contributed by atoms with Crippen LogP contribution in [0.4, 0.5) is 0 Å². The van der Waals surface area contributed by atoms with Crippen LogP contribution in [0.1, 0.15) is 6.42 Å². The fourth-order valence-corrected chi connectivity index (χ4v) is 5.75. The molecule has 1 saturated heterocycles. The third kappa shape index (κ3) is 3.25. The number of sulfonamides is 1. The quantitative estimate of drug-likeness (QED) is 0.800. The van der Waals surface area contributed by atoms with Gasteiger partial charge in [-0.25, -0.2) is 18.4 Å². The molecule has 0 aromatic carbocycles. The maximum atomic E-state index is 12.5. The molecule has 1 aliphatic heterocycles. The van der Waals surface area contributed by atoms with E-state index in [0.29, 0.717) is 29.6 Å². The molecule has 0 aliphatic carbocycles. The Bertz CT molecular complexity index is 720. The molecule has 0 bridgehead atoms. The summed E-state index contributed by atoms with van der Waals surface area (Å²) in [6, 6.07) is 5.01. The summed E-state index contributed by atoms with van der Waals surface area (Å²) < 4.78 is 33.2. The predicted octanol–water partition coefficient (Wildman–Crippen LogP) is 2.14. The maximum Gasteiger partial charge on any atom is 0.252 e. The molecule has 3 rings (SSSR count). The molecule has 1 fully saturated rings. The van der Waals surface area contributed by atoms with Gasteiger partial charge in [-0.05, 0) is 34.5 Å². The number of nitrogens with zero attached hydrogens (tertiary/aromatic N) is 3. The summed E-state index contributed by atoms with van der Waals surface area (Å²) in [4.78, 5) is 7.80.